The number of fused-ring (bicyclic) bond motifs is 5. The Morgan fingerprint density at radius 1 is 0.375 bits per heavy atom. The Morgan fingerprint density at radius 2 is 0.850 bits per heavy atom. The molecule has 0 amide bonds. The zero-order valence-corrected chi connectivity index (χ0v) is 23.7. The molecule has 0 saturated heterocycles. The molecule has 0 atom stereocenters. The van der Waals surface area contributed by atoms with Crippen molar-refractivity contribution in [2.75, 3.05) is 0 Å². The van der Waals surface area contributed by atoms with Crippen LogP contribution in [0.2, 0.25) is 0 Å². The van der Waals surface area contributed by atoms with Crippen molar-refractivity contribution in [3.8, 4) is 22.3 Å². The van der Waals surface area contributed by atoms with Gasteiger partial charge in [0, 0.05) is 3.57 Å². The van der Waals surface area contributed by atoms with Crippen LogP contribution in [0.3, 0.4) is 0 Å². The van der Waals surface area contributed by atoms with Gasteiger partial charge >= 0.3 is 0 Å². The number of hydrogen-bond acceptors (Lipinski definition) is 0. The summed E-state index contributed by atoms with van der Waals surface area (Å²) in [7, 11) is 32.1. The summed E-state index contributed by atoms with van der Waals surface area (Å²) < 4.78 is 1.20. The third-order valence-corrected chi connectivity index (χ3v) is 8.64. The second-order valence-corrected chi connectivity index (χ2v) is 11.4. The molecule has 0 aliphatic carbocycles. The number of benzene rings is 7. The number of hydrogen-bond donors (Lipinski definition) is 0. The van der Waals surface area contributed by atoms with Crippen LogP contribution < -0.4 is 27.3 Å². The minimum Gasteiger partial charge on any atom is -0.112 e. The van der Waals surface area contributed by atoms with E-state index >= 15 is 0 Å². The SMILES string of the molecule is [B]c1c([B])c([B])c(-c2c3ccccc3c(-c3cc4ccccc4c4cc(I)ccc34)c3ccccc23)c([B])c1[B]. The lowest BCUT2D eigenvalue weighted by Crippen LogP contribution is -2.55. The van der Waals surface area contributed by atoms with E-state index in [2.05, 4.69) is 108 Å². The van der Waals surface area contributed by atoms with E-state index in [1.807, 2.05) is 12.1 Å². The Bertz CT molecular complexity index is 2100. The first-order chi connectivity index (χ1) is 19.4. The number of halogens is 1. The second-order valence-electron chi connectivity index (χ2n) is 10.1. The molecule has 174 valence electrons. The first-order valence-electron chi connectivity index (χ1n) is 12.9. The normalized spacial score (nSPS) is 11.6. The Balaban J connectivity index is 1.72. The van der Waals surface area contributed by atoms with Crippen molar-refractivity contribution >= 4 is 132 Å². The van der Waals surface area contributed by atoms with Gasteiger partial charge in [-0.05, 0) is 106 Å². The fraction of sp³-hybridized carbons (Fsp3) is 0. The van der Waals surface area contributed by atoms with Gasteiger partial charge in [0.15, 0.2) is 0 Å². The average Bonchev–Trinajstić information content (AvgIpc) is 2.98. The Hall–Kier alpha value is -3.37. The van der Waals surface area contributed by atoms with Crippen LogP contribution in [0.15, 0.2) is 97.1 Å². The summed E-state index contributed by atoms with van der Waals surface area (Å²) in [5, 5.41) is 9.02. The maximum atomic E-state index is 6.63. The number of rotatable bonds is 2. The molecular formula is C34H16B5I. The largest absolute Gasteiger partial charge is 0.113 e. The molecule has 0 aliphatic heterocycles. The molecule has 0 unspecified atom stereocenters. The molecule has 0 spiro atoms. The zero-order chi connectivity index (χ0) is 27.7. The molecule has 0 N–H and O–H groups in total. The molecular weight excluding hydrogens is 589 g/mol. The van der Waals surface area contributed by atoms with E-state index < -0.39 is 0 Å². The lowest BCUT2D eigenvalue weighted by molar-refractivity contribution is 1.69. The van der Waals surface area contributed by atoms with E-state index in [4.69, 9.17) is 39.2 Å². The van der Waals surface area contributed by atoms with Crippen molar-refractivity contribution in [2.24, 2.45) is 0 Å². The average molecular weight is 605 g/mol. The summed E-state index contributed by atoms with van der Waals surface area (Å²) in [5.41, 5.74) is 5.19. The molecule has 7 aromatic rings. The highest BCUT2D eigenvalue weighted by molar-refractivity contribution is 14.1. The van der Waals surface area contributed by atoms with Crippen molar-refractivity contribution in [3.63, 3.8) is 0 Å². The maximum absolute atomic E-state index is 6.63. The van der Waals surface area contributed by atoms with Gasteiger partial charge in [-0.3, -0.25) is 0 Å². The molecule has 7 rings (SSSR count). The minimum atomic E-state index is 0.209. The molecule has 6 heteroatoms. The van der Waals surface area contributed by atoms with Gasteiger partial charge in [0.25, 0.3) is 0 Å². The van der Waals surface area contributed by atoms with E-state index in [9.17, 15) is 0 Å². The van der Waals surface area contributed by atoms with Crippen LogP contribution in [0.4, 0.5) is 0 Å². The van der Waals surface area contributed by atoms with Crippen molar-refractivity contribution in [3.05, 3.63) is 101 Å². The first kappa shape index (κ1) is 25.6. The molecule has 0 bridgehead atoms. The highest BCUT2D eigenvalue weighted by atomic mass is 127. The Labute approximate surface area is 253 Å². The van der Waals surface area contributed by atoms with Crippen LogP contribution in [-0.4, -0.2) is 39.2 Å². The predicted octanol–water partition coefficient (Wildman–Crippen LogP) is 4.21. The first-order valence-corrected chi connectivity index (χ1v) is 14.0. The van der Waals surface area contributed by atoms with Gasteiger partial charge in [-0.1, -0.05) is 89.8 Å². The monoisotopic (exact) mass is 606 g/mol. The van der Waals surface area contributed by atoms with Gasteiger partial charge in [-0.2, -0.15) is 0 Å². The minimum absolute atomic E-state index is 0.209. The summed E-state index contributed by atoms with van der Waals surface area (Å²) in [5.74, 6) is 0. The molecule has 0 nitrogen and oxygen atoms in total. The Morgan fingerprint density at radius 3 is 1.43 bits per heavy atom. The van der Waals surface area contributed by atoms with Crippen molar-refractivity contribution < 1.29 is 0 Å². The molecule has 0 heterocycles. The second kappa shape index (κ2) is 9.63. The fourth-order valence-electron chi connectivity index (χ4n) is 6.09. The Kier molecular flexibility index (Phi) is 6.16. The van der Waals surface area contributed by atoms with Crippen molar-refractivity contribution in [1.29, 1.82) is 0 Å². The fourth-order valence-corrected chi connectivity index (χ4v) is 6.58. The standard InChI is InChI=1S/C34H16B5I/c35-30-29(31(36)33(38)34(39)32(30)37)28-23-11-5-3-9-21(23)27(22-10-4-6-12-24(22)28)26-15-17-7-1-2-8-19(17)25-16-18(40)13-14-20(25)26/h1-16H. The van der Waals surface area contributed by atoms with Crippen LogP contribution in [0, 0.1) is 3.57 Å². The van der Waals surface area contributed by atoms with Gasteiger partial charge in [-0.25, -0.2) is 0 Å². The van der Waals surface area contributed by atoms with E-state index in [-0.39, 0.29) is 16.4 Å². The van der Waals surface area contributed by atoms with Crippen LogP contribution in [-0.2, 0) is 0 Å². The summed E-state index contributed by atoms with van der Waals surface area (Å²) in [6, 6.07) is 34.2. The van der Waals surface area contributed by atoms with Crippen LogP contribution in [0.5, 0.6) is 0 Å². The maximum Gasteiger partial charge on any atom is 0.113 e. The quantitative estimate of drug-likeness (QED) is 0.120. The van der Waals surface area contributed by atoms with Gasteiger partial charge in [0.05, 0.1) is 0 Å². The van der Waals surface area contributed by atoms with Crippen LogP contribution in [0.1, 0.15) is 0 Å². The smallest absolute Gasteiger partial charge is 0.112 e. The van der Waals surface area contributed by atoms with Crippen LogP contribution >= 0.6 is 22.6 Å². The molecule has 0 fully saturated rings. The van der Waals surface area contributed by atoms with E-state index in [0.717, 1.165) is 32.7 Å². The van der Waals surface area contributed by atoms with E-state index in [1.165, 1.54) is 30.7 Å². The third-order valence-electron chi connectivity index (χ3n) is 7.97. The highest BCUT2D eigenvalue weighted by Crippen LogP contribution is 2.45. The van der Waals surface area contributed by atoms with Gasteiger partial charge in [0.2, 0.25) is 0 Å². The molecule has 0 aliphatic rings. The van der Waals surface area contributed by atoms with Gasteiger partial charge < -0.3 is 0 Å². The lowest BCUT2D eigenvalue weighted by atomic mass is 9.59. The summed E-state index contributed by atoms with van der Waals surface area (Å²) in [4.78, 5) is 0. The molecule has 0 aromatic heterocycles. The molecule has 7 aromatic carbocycles. The van der Waals surface area contributed by atoms with Crippen LogP contribution in [0.25, 0.3) is 65.3 Å². The lowest BCUT2D eigenvalue weighted by Gasteiger charge is -2.25. The summed E-state index contributed by atoms with van der Waals surface area (Å²) in [6.07, 6.45) is 0. The van der Waals surface area contributed by atoms with Gasteiger partial charge in [0.1, 0.15) is 39.2 Å². The summed E-state index contributed by atoms with van der Waals surface area (Å²) >= 11 is 2.39. The van der Waals surface area contributed by atoms with Gasteiger partial charge in [-0.15, -0.1) is 16.4 Å². The molecule has 40 heavy (non-hydrogen) atoms. The predicted molar refractivity (Wildman–Crippen MR) is 187 cm³/mol. The highest BCUT2D eigenvalue weighted by Gasteiger charge is 2.21. The summed E-state index contributed by atoms with van der Waals surface area (Å²) in [6.45, 7) is 0. The van der Waals surface area contributed by atoms with Crippen molar-refractivity contribution in [1.82, 2.24) is 0 Å². The third kappa shape index (κ3) is 3.72. The van der Waals surface area contributed by atoms with Crippen molar-refractivity contribution in [2.45, 2.75) is 0 Å². The topological polar surface area (TPSA) is 0 Å². The molecule has 10 radical (unpaired) electrons. The molecule has 0 saturated carbocycles. The van der Waals surface area contributed by atoms with E-state index in [1.54, 1.807) is 0 Å². The van der Waals surface area contributed by atoms with E-state index in [0.29, 0.717) is 16.5 Å². The zero-order valence-electron chi connectivity index (χ0n) is 21.5.